The first-order valence-corrected chi connectivity index (χ1v) is 12.8. The van der Waals surface area contributed by atoms with Crippen molar-refractivity contribution in [3.05, 3.63) is 180 Å². The maximum absolute atomic E-state index is 11.9. The molecule has 0 aromatic heterocycles. The molecule has 4 aromatic rings. The van der Waals surface area contributed by atoms with E-state index in [2.05, 4.69) is 24.3 Å². The fourth-order valence-corrected chi connectivity index (χ4v) is 3.49. The number of phenolic OH excluding ortho intramolecular Hbond substituents is 2. The molecule has 0 saturated carbocycles. The van der Waals surface area contributed by atoms with Gasteiger partial charge < -0.3 is 10.2 Å². The number of aromatic hydroxyl groups is 2. The number of allylic oxidation sites excluding steroid dienone is 8. The van der Waals surface area contributed by atoms with Crippen molar-refractivity contribution in [2.75, 3.05) is 0 Å². The summed E-state index contributed by atoms with van der Waals surface area (Å²) < 4.78 is 0. The molecule has 0 atom stereocenters. The van der Waals surface area contributed by atoms with Gasteiger partial charge in [-0.05, 0) is 24.3 Å². The van der Waals surface area contributed by atoms with E-state index in [0.29, 0.717) is 22.3 Å². The van der Waals surface area contributed by atoms with Gasteiger partial charge in [-0.2, -0.15) is 12.2 Å². The molecule has 2 aliphatic carbocycles. The summed E-state index contributed by atoms with van der Waals surface area (Å²) in [4.78, 5) is 23.8. The van der Waals surface area contributed by atoms with Crippen molar-refractivity contribution >= 4 is 11.6 Å². The van der Waals surface area contributed by atoms with Gasteiger partial charge >= 0.3 is 26.2 Å². The standard InChI is InChI=1S/2C13H10O2.2C5H5.Zr/c2*14-12-8-4-7-11(9-12)13(15)10-5-2-1-3-6-10;2*1-2-4-5-3-1;/h2*1-9,14H;2*1-3H,4H2;/q;;2*-1;+2. The molecule has 5 heteroatoms. The number of rotatable bonds is 4. The van der Waals surface area contributed by atoms with Crippen LogP contribution in [0, 0.1) is 12.2 Å². The zero-order chi connectivity index (χ0) is 28.4. The van der Waals surface area contributed by atoms with E-state index in [1.54, 1.807) is 60.7 Å². The van der Waals surface area contributed by atoms with Gasteiger partial charge in [0.15, 0.2) is 11.6 Å². The number of ketones is 2. The number of phenols is 2. The van der Waals surface area contributed by atoms with Gasteiger partial charge in [0.05, 0.1) is 0 Å². The molecule has 0 unspecified atom stereocenters. The largest absolute Gasteiger partial charge is 2.00 e. The predicted molar refractivity (Wildman–Crippen MR) is 159 cm³/mol. The summed E-state index contributed by atoms with van der Waals surface area (Å²) in [5.74, 6) is 0.0616. The van der Waals surface area contributed by atoms with Crippen molar-refractivity contribution < 1.29 is 46.0 Å². The van der Waals surface area contributed by atoms with Crippen LogP contribution in [0.2, 0.25) is 0 Å². The van der Waals surface area contributed by atoms with Gasteiger partial charge in [0.25, 0.3) is 0 Å². The average Bonchev–Trinajstić information content (AvgIpc) is 3.78. The Morgan fingerprint density at radius 3 is 1.15 bits per heavy atom. The van der Waals surface area contributed by atoms with Crippen LogP contribution in [0.3, 0.4) is 0 Å². The zero-order valence-electron chi connectivity index (χ0n) is 22.5. The number of hydrogen-bond acceptors (Lipinski definition) is 4. The molecule has 0 aliphatic heterocycles. The maximum Gasteiger partial charge on any atom is 2.00 e. The van der Waals surface area contributed by atoms with Crippen LogP contribution in [-0.4, -0.2) is 21.8 Å². The Balaban J connectivity index is 0.000000211. The van der Waals surface area contributed by atoms with Crippen molar-refractivity contribution in [2.45, 2.75) is 12.8 Å². The second-order valence-corrected chi connectivity index (χ2v) is 8.50. The minimum Gasteiger partial charge on any atom is -0.508 e. The Kier molecular flexibility index (Phi) is 15.1. The monoisotopic (exact) mass is 616 g/mol. The van der Waals surface area contributed by atoms with Gasteiger partial charge in [-0.25, -0.2) is 24.3 Å². The summed E-state index contributed by atoms with van der Waals surface area (Å²) in [6, 6.07) is 30.7. The van der Waals surface area contributed by atoms with E-state index < -0.39 is 0 Å². The number of hydrogen-bond donors (Lipinski definition) is 2. The number of benzene rings is 4. The quantitative estimate of drug-likeness (QED) is 0.181. The van der Waals surface area contributed by atoms with Gasteiger partial charge in [-0.15, -0.1) is 12.8 Å². The third-order valence-corrected chi connectivity index (χ3v) is 5.46. The van der Waals surface area contributed by atoms with Crippen LogP contribution >= 0.6 is 0 Å². The second kappa shape index (κ2) is 18.9. The first kappa shape index (κ1) is 32.9. The third kappa shape index (κ3) is 12.2. The molecule has 4 nitrogen and oxygen atoms in total. The van der Waals surface area contributed by atoms with Gasteiger partial charge in [0.1, 0.15) is 11.5 Å². The Bertz CT molecular complexity index is 1350. The molecule has 0 bridgehead atoms. The van der Waals surface area contributed by atoms with Crippen molar-refractivity contribution in [3.63, 3.8) is 0 Å². The fourth-order valence-electron chi connectivity index (χ4n) is 3.49. The van der Waals surface area contributed by atoms with Gasteiger partial charge in [0, 0.05) is 22.3 Å². The van der Waals surface area contributed by atoms with E-state index in [1.807, 2.05) is 60.7 Å². The van der Waals surface area contributed by atoms with Crippen LogP contribution in [0.5, 0.6) is 11.5 Å². The van der Waals surface area contributed by atoms with Crippen LogP contribution in [0.4, 0.5) is 0 Å². The van der Waals surface area contributed by atoms with E-state index in [1.165, 1.54) is 12.1 Å². The molecule has 6 rings (SSSR count). The summed E-state index contributed by atoms with van der Waals surface area (Å²) in [5.41, 5.74) is 2.26. The normalized spacial score (nSPS) is 11.5. The molecule has 0 heterocycles. The summed E-state index contributed by atoms with van der Waals surface area (Å²) in [5, 5.41) is 18.5. The Morgan fingerprint density at radius 1 is 0.512 bits per heavy atom. The summed E-state index contributed by atoms with van der Waals surface area (Å²) >= 11 is 0. The van der Waals surface area contributed by atoms with Gasteiger partial charge in [-0.1, -0.05) is 84.9 Å². The molecular formula is C36H30O4Zr. The smallest absolute Gasteiger partial charge is 0.508 e. The van der Waals surface area contributed by atoms with E-state index in [-0.39, 0.29) is 49.3 Å². The predicted octanol–water partition coefficient (Wildman–Crippen LogP) is 7.86. The van der Waals surface area contributed by atoms with Gasteiger partial charge in [0.2, 0.25) is 0 Å². The van der Waals surface area contributed by atoms with Crippen molar-refractivity contribution in [1.82, 2.24) is 0 Å². The van der Waals surface area contributed by atoms with Crippen molar-refractivity contribution in [1.29, 1.82) is 0 Å². The van der Waals surface area contributed by atoms with E-state index in [9.17, 15) is 19.8 Å². The Morgan fingerprint density at radius 2 is 0.878 bits per heavy atom. The Labute approximate surface area is 260 Å². The number of carbonyl (C=O) groups excluding carboxylic acids is 2. The summed E-state index contributed by atoms with van der Waals surface area (Å²) in [6.45, 7) is 0. The van der Waals surface area contributed by atoms with Crippen LogP contribution in [0.15, 0.2) is 146 Å². The molecule has 0 spiro atoms. The second-order valence-electron chi connectivity index (χ2n) is 8.50. The fraction of sp³-hybridized carbons (Fsp3) is 0.0556. The van der Waals surface area contributed by atoms with Crippen molar-refractivity contribution in [2.24, 2.45) is 0 Å². The molecule has 0 radical (unpaired) electrons. The SMILES string of the molecule is O=C(c1ccccc1)c1cccc(O)c1.O=C(c1ccccc1)c1cccc(O)c1.[C-]1=CC=CC1.[C-]1=CC=CC1.[Zr+2]. The third-order valence-electron chi connectivity index (χ3n) is 5.46. The van der Waals surface area contributed by atoms with Crippen molar-refractivity contribution in [3.8, 4) is 11.5 Å². The minimum atomic E-state index is -0.0773. The van der Waals surface area contributed by atoms with Crippen LogP contribution in [-0.2, 0) is 26.2 Å². The van der Waals surface area contributed by atoms with E-state index in [0.717, 1.165) is 12.8 Å². The molecule has 41 heavy (non-hydrogen) atoms. The van der Waals surface area contributed by atoms with Crippen LogP contribution < -0.4 is 0 Å². The molecule has 202 valence electrons. The van der Waals surface area contributed by atoms with Crippen LogP contribution in [0.25, 0.3) is 0 Å². The molecule has 2 N–H and O–H groups in total. The topological polar surface area (TPSA) is 74.6 Å². The first-order valence-electron chi connectivity index (χ1n) is 12.8. The molecule has 0 amide bonds. The summed E-state index contributed by atoms with van der Waals surface area (Å²) in [6.07, 6.45) is 20.0. The average molecular weight is 618 g/mol. The minimum absolute atomic E-state index is 0. The molecule has 0 saturated heterocycles. The molecular weight excluding hydrogens is 588 g/mol. The summed E-state index contributed by atoms with van der Waals surface area (Å²) in [7, 11) is 0. The Hall–Kier alpha value is -4.34. The van der Waals surface area contributed by atoms with E-state index >= 15 is 0 Å². The van der Waals surface area contributed by atoms with Crippen LogP contribution in [0.1, 0.15) is 44.7 Å². The van der Waals surface area contributed by atoms with Gasteiger partial charge in [-0.3, -0.25) is 21.7 Å². The molecule has 2 aliphatic rings. The first-order chi connectivity index (χ1) is 19.5. The maximum atomic E-state index is 11.9. The molecule has 4 aromatic carbocycles. The zero-order valence-corrected chi connectivity index (χ0v) is 24.9. The molecule has 0 fully saturated rings. The number of carbonyl (C=O) groups is 2. The van der Waals surface area contributed by atoms with E-state index in [4.69, 9.17) is 0 Å².